The van der Waals surface area contributed by atoms with E-state index in [4.69, 9.17) is 4.74 Å². The number of ether oxygens (including phenoxy) is 1. The first-order valence-electron chi connectivity index (χ1n) is 6.86. The van der Waals surface area contributed by atoms with Gasteiger partial charge in [-0.05, 0) is 32.9 Å². The molecule has 1 aromatic rings. The number of benzene rings is 1. The quantitative estimate of drug-likeness (QED) is 0.199. The normalized spacial score (nSPS) is 13.0. The summed E-state index contributed by atoms with van der Waals surface area (Å²) in [4.78, 5) is 45.0. The maximum absolute atomic E-state index is 12.7. The number of carbonyl (C=O) groups excluding carboxylic acids is 3. The topological polar surface area (TPSA) is 104 Å². The van der Waals surface area contributed by atoms with Crippen LogP contribution in [0.1, 0.15) is 36.7 Å². The van der Waals surface area contributed by atoms with Gasteiger partial charge in [-0.1, -0.05) is 0 Å². The molecule has 0 spiro atoms. The Morgan fingerprint density at radius 3 is 2.20 bits per heavy atom. The molecule has 0 N–H and O–H groups in total. The molecule has 136 valence electrons. The monoisotopic (exact) mass is 361 g/mol. The van der Waals surface area contributed by atoms with Gasteiger partial charge in [0.05, 0.1) is 16.1 Å². The third-order valence-corrected chi connectivity index (χ3v) is 2.87. The SMILES string of the molecule is CC(C)(C)OC(=O)C(C=O)C(=O)c1ccc(C(F)(F)F)cc1[N+](=O)[O-]. The van der Waals surface area contributed by atoms with E-state index in [0.717, 1.165) is 0 Å². The minimum absolute atomic E-state index is 0.0716. The van der Waals surface area contributed by atoms with Gasteiger partial charge in [0.15, 0.2) is 11.7 Å². The van der Waals surface area contributed by atoms with Gasteiger partial charge < -0.3 is 9.53 Å². The number of alkyl halides is 3. The average molecular weight is 361 g/mol. The Morgan fingerprint density at radius 2 is 1.80 bits per heavy atom. The fourth-order valence-electron chi connectivity index (χ4n) is 1.82. The van der Waals surface area contributed by atoms with E-state index in [1.807, 2.05) is 0 Å². The molecule has 0 fully saturated rings. The fourth-order valence-corrected chi connectivity index (χ4v) is 1.82. The molecule has 0 heterocycles. The number of rotatable bonds is 5. The molecule has 1 aromatic carbocycles. The Hall–Kier alpha value is -2.78. The van der Waals surface area contributed by atoms with E-state index in [1.54, 1.807) is 0 Å². The molecule has 1 rings (SSSR count). The van der Waals surface area contributed by atoms with Crippen molar-refractivity contribution in [2.24, 2.45) is 5.92 Å². The highest BCUT2D eigenvalue weighted by Crippen LogP contribution is 2.33. The van der Waals surface area contributed by atoms with E-state index in [1.165, 1.54) is 20.8 Å². The number of ketones is 1. The fraction of sp³-hybridized carbons (Fsp3) is 0.400. The maximum atomic E-state index is 12.7. The van der Waals surface area contributed by atoms with Crippen LogP contribution in [0.3, 0.4) is 0 Å². The predicted octanol–water partition coefficient (Wildman–Crippen LogP) is 2.95. The lowest BCUT2D eigenvalue weighted by Gasteiger charge is -2.21. The molecule has 1 unspecified atom stereocenters. The summed E-state index contributed by atoms with van der Waals surface area (Å²) < 4.78 is 42.9. The first-order chi connectivity index (χ1) is 11.3. The lowest BCUT2D eigenvalue weighted by molar-refractivity contribution is -0.385. The molecule has 0 aliphatic carbocycles. The molecule has 0 amide bonds. The molecular formula is C15H14F3NO6. The van der Waals surface area contributed by atoms with Crippen molar-refractivity contribution in [3.05, 3.63) is 39.4 Å². The second-order valence-corrected chi connectivity index (χ2v) is 6.00. The summed E-state index contributed by atoms with van der Waals surface area (Å²) in [6, 6.07) is 1.19. The zero-order valence-corrected chi connectivity index (χ0v) is 13.4. The van der Waals surface area contributed by atoms with E-state index >= 15 is 0 Å². The average Bonchev–Trinajstić information content (AvgIpc) is 2.44. The van der Waals surface area contributed by atoms with E-state index in [-0.39, 0.29) is 12.4 Å². The number of esters is 1. The summed E-state index contributed by atoms with van der Waals surface area (Å²) in [7, 11) is 0. The van der Waals surface area contributed by atoms with Gasteiger partial charge in [-0.3, -0.25) is 19.7 Å². The van der Waals surface area contributed by atoms with Crippen molar-refractivity contribution in [3.8, 4) is 0 Å². The van der Waals surface area contributed by atoms with E-state index < -0.39 is 51.2 Å². The van der Waals surface area contributed by atoms with Gasteiger partial charge in [-0.25, -0.2) is 0 Å². The van der Waals surface area contributed by atoms with Gasteiger partial charge in [-0.15, -0.1) is 0 Å². The number of nitrogens with zero attached hydrogens (tertiary/aromatic N) is 1. The standard InChI is InChI=1S/C15H14F3NO6/c1-14(2,3)25-13(22)10(7-20)12(21)9-5-4-8(15(16,17)18)6-11(9)19(23)24/h4-7,10H,1-3H3. The number of hydrogen-bond donors (Lipinski definition) is 0. The highest BCUT2D eigenvalue weighted by molar-refractivity contribution is 6.19. The van der Waals surface area contributed by atoms with Crippen LogP contribution < -0.4 is 0 Å². The molecule has 25 heavy (non-hydrogen) atoms. The van der Waals surface area contributed by atoms with Crippen molar-refractivity contribution < 1.29 is 37.2 Å². The molecule has 0 aromatic heterocycles. The van der Waals surface area contributed by atoms with Crippen LogP contribution in [0, 0.1) is 16.0 Å². The second-order valence-electron chi connectivity index (χ2n) is 6.00. The Bertz CT molecular complexity index is 721. The van der Waals surface area contributed by atoms with Crippen molar-refractivity contribution in [3.63, 3.8) is 0 Å². The second kappa shape index (κ2) is 6.99. The van der Waals surface area contributed by atoms with Gasteiger partial charge in [0, 0.05) is 6.07 Å². The minimum Gasteiger partial charge on any atom is -0.459 e. The number of halogens is 3. The molecule has 1 atom stereocenters. The van der Waals surface area contributed by atoms with Crippen molar-refractivity contribution in [2.45, 2.75) is 32.5 Å². The largest absolute Gasteiger partial charge is 0.459 e. The third-order valence-electron chi connectivity index (χ3n) is 2.87. The Morgan fingerprint density at radius 1 is 1.24 bits per heavy atom. The number of nitro benzene ring substituents is 1. The lowest BCUT2D eigenvalue weighted by atomic mass is 9.96. The Balaban J connectivity index is 3.33. The lowest BCUT2D eigenvalue weighted by Crippen LogP contribution is -2.34. The van der Waals surface area contributed by atoms with E-state index in [0.29, 0.717) is 12.1 Å². The Kier molecular flexibility index (Phi) is 5.67. The summed E-state index contributed by atoms with van der Waals surface area (Å²) in [5, 5.41) is 11.0. The van der Waals surface area contributed by atoms with Crippen LogP contribution in [0.4, 0.5) is 18.9 Å². The van der Waals surface area contributed by atoms with Crippen LogP contribution >= 0.6 is 0 Å². The van der Waals surface area contributed by atoms with Gasteiger partial charge in [0.2, 0.25) is 0 Å². The minimum atomic E-state index is -4.86. The first-order valence-corrected chi connectivity index (χ1v) is 6.86. The highest BCUT2D eigenvalue weighted by atomic mass is 19.4. The smallest absolute Gasteiger partial charge is 0.416 e. The molecule has 0 saturated heterocycles. The van der Waals surface area contributed by atoms with Gasteiger partial charge in [0.1, 0.15) is 11.9 Å². The van der Waals surface area contributed by atoms with Crippen LogP contribution in [0.5, 0.6) is 0 Å². The Labute approximate surface area is 139 Å². The highest BCUT2D eigenvalue weighted by Gasteiger charge is 2.38. The molecule has 7 nitrogen and oxygen atoms in total. The van der Waals surface area contributed by atoms with Crippen LogP contribution in [-0.4, -0.2) is 28.6 Å². The predicted molar refractivity (Wildman–Crippen MR) is 77.8 cm³/mol. The number of carbonyl (C=O) groups is 3. The first kappa shape index (κ1) is 20.3. The van der Waals surface area contributed by atoms with Crippen LogP contribution in [-0.2, 0) is 20.5 Å². The van der Waals surface area contributed by atoms with Gasteiger partial charge >= 0.3 is 12.1 Å². The zero-order valence-electron chi connectivity index (χ0n) is 13.4. The van der Waals surface area contributed by atoms with E-state index in [2.05, 4.69) is 0 Å². The van der Waals surface area contributed by atoms with Crippen molar-refractivity contribution >= 4 is 23.7 Å². The summed E-state index contributed by atoms with van der Waals surface area (Å²) in [5.74, 6) is -4.58. The third kappa shape index (κ3) is 5.10. The van der Waals surface area contributed by atoms with Crippen LogP contribution in [0.2, 0.25) is 0 Å². The zero-order chi connectivity index (χ0) is 19.6. The maximum Gasteiger partial charge on any atom is 0.416 e. The molecule has 0 aliphatic rings. The molecule has 0 aliphatic heterocycles. The number of Topliss-reactive ketones (excluding diaryl/α,β-unsaturated/α-hetero) is 1. The number of nitro groups is 1. The van der Waals surface area contributed by atoms with Crippen LogP contribution in [0.25, 0.3) is 0 Å². The van der Waals surface area contributed by atoms with Crippen molar-refractivity contribution in [2.75, 3.05) is 0 Å². The molecule has 10 heteroatoms. The molecule has 0 saturated carbocycles. The van der Waals surface area contributed by atoms with Crippen molar-refractivity contribution in [1.82, 2.24) is 0 Å². The van der Waals surface area contributed by atoms with Gasteiger partial charge in [0.25, 0.3) is 5.69 Å². The summed E-state index contributed by atoms with van der Waals surface area (Å²) in [6.07, 6.45) is -4.93. The summed E-state index contributed by atoms with van der Waals surface area (Å²) in [6.45, 7) is 4.41. The van der Waals surface area contributed by atoms with Crippen molar-refractivity contribution in [1.29, 1.82) is 0 Å². The summed E-state index contributed by atoms with van der Waals surface area (Å²) >= 11 is 0. The molecular weight excluding hydrogens is 347 g/mol. The summed E-state index contributed by atoms with van der Waals surface area (Å²) in [5.41, 5.74) is -4.32. The number of aldehydes is 1. The molecule has 0 radical (unpaired) electrons. The van der Waals surface area contributed by atoms with Gasteiger partial charge in [-0.2, -0.15) is 13.2 Å². The number of hydrogen-bond acceptors (Lipinski definition) is 6. The molecule has 0 bridgehead atoms. The van der Waals surface area contributed by atoms with E-state index in [9.17, 15) is 37.7 Å². The van der Waals surface area contributed by atoms with Crippen LogP contribution in [0.15, 0.2) is 18.2 Å².